The summed E-state index contributed by atoms with van der Waals surface area (Å²) in [5.41, 5.74) is 6.94. The van der Waals surface area contributed by atoms with Crippen LogP contribution < -0.4 is 0 Å². The molecule has 188 valence electrons. The first-order valence-corrected chi connectivity index (χ1v) is 15.3. The van der Waals surface area contributed by atoms with Gasteiger partial charge in [0.2, 0.25) is 0 Å². The van der Waals surface area contributed by atoms with Gasteiger partial charge < -0.3 is 9.47 Å². The number of halogens is 2. The Balaban J connectivity index is 1.88. The number of unbranched alkanes of at least 4 members (excludes halogenated alkanes) is 6. The maximum absolute atomic E-state index is 6.24. The molecular formula is C30H42BrIO2. The van der Waals surface area contributed by atoms with Gasteiger partial charge in [0.15, 0.2) is 6.29 Å². The first kappa shape index (κ1) is 28.1. The van der Waals surface area contributed by atoms with E-state index < -0.39 is 0 Å². The molecule has 0 aromatic heterocycles. The number of aryl methyl sites for hydroxylation is 2. The van der Waals surface area contributed by atoms with Crippen LogP contribution in [0, 0.1) is 3.57 Å². The van der Waals surface area contributed by atoms with E-state index in [1.54, 1.807) is 0 Å². The molecule has 4 heteroatoms. The quantitative estimate of drug-likeness (QED) is 0.151. The molecule has 0 bridgehead atoms. The molecule has 0 N–H and O–H groups in total. The van der Waals surface area contributed by atoms with Gasteiger partial charge in [-0.25, -0.2) is 0 Å². The highest BCUT2D eigenvalue weighted by atomic mass is 127. The fourth-order valence-corrected chi connectivity index (χ4v) is 5.97. The van der Waals surface area contributed by atoms with Gasteiger partial charge in [-0.2, -0.15) is 0 Å². The zero-order valence-corrected chi connectivity index (χ0v) is 24.9. The van der Waals surface area contributed by atoms with E-state index in [-0.39, 0.29) is 6.29 Å². The van der Waals surface area contributed by atoms with Crippen molar-refractivity contribution in [1.82, 2.24) is 0 Å². The van der Waals surface area contributed by atoms with E-state index in [0.29, 0.717) is 6.61 Å². The summed E-state index contributed by atoms with van der Waals surface area (Å²) in [5, 5.41) is 0. The highest BCUT2D eigenvalue weighted by Gasteiger charge is 2.18. The molecule has 2 aromatic carbocycles. The van der Waals surface area contributed by atoms with Crippen molar-refractivity contribution in [2.24, 2.45) is 0 Å². The van der Waals surface area contributed by atoms with Crippen LogP contribution in [0.15, 0.2) is 34.8 Å². The second-order valence-electron chi connectivity index (χ2n) is 9.63. The average Bonchev–Trinajstić information content (AvgIpc) is 2.85. The molecular weight excluding hydrogens is 599 g/mol. The summed E-state index contributed by atoms with van der Waals surface area (Å²) in [6.07, 6.45) is 15.9. The maximum atomic E-state index is 6.24. The molecule has 0 radical (unpaired) electrons. The van der Waals surface area contributed by atoms with Crippen LogP contribution in [0.25, 0.3) is 11.1 Å². The zero-order valence-electron chi connectivity index (χ0n) is 21.1. The van der Waals surface area contributed by atoms with Gasteiger partial charge in [0, 0.05) is 14.6 Å². The van der Waals surface area contributed by atoms with Crippen molar-refractivity contribution in [2.45, 2.75) is 110 Å². The van der Waals surface area contributed by atoms with E-state index in [1.165, 1.54) is 95.6 Å². The third-order valence-corrected chi connectivity index (χ3v) is 8.29. The van der Waals surface area contributed by atoms with E-state index in [4.69, 9.17) is 9.47 Å². The lowest BCUT2D eigenvalue weighted by molar-refractivity contribution is -0.168. The van der Waals surface area contributed by atoms with Crippen LogP contribution in [-0.4, -0.2) is 12.9 Å². The Morgan fingerprint density at radius 2 is 1.59 bits per heavy atom. The highest BCUT2D eigenvalue weighted by Crippen LogP contribution is 2.34. The van der Waals surface area contributed by atoms with Gasteiger partial charge in [0.25, 0.3) is 0 Å². The van der Waals surface area contributed by atoms with Crippen LogP contribution >= 0.6 is 38.5 Å². The predicted molar refractivity (Wildman–Crippen MR) is 156 cm³/mol. The van der Waals surface area contributed by atoms with Crippen molar-refractivity contribution in [3.05, 3.63) is 55.1 Å². The lowest BCUT2D eigenvalue weighted by Crippen LogP contribution is -2.22. The Labute approximate surface area is 229 Å². The molecule has 1 atom stereocenters. The van der Waals surface area contributed by atoms with Crippen LogP contribution in [0.4, 0.5) is 0 Å². The Morgan fingerprint density at radius 1 is 0.853 bits per heavy atom. The zero-order chi connectivity index (χ0) is 24.2. The van der Waals surface area contributed by atoms with Gasteiger partial charge in [-0.05, 0) is 120 Å². The third kappa shape index (κ3) is 8.90. The first-order valence-electron chi connectivity index (χ1n) is 13.5. The molecule has 2 aromatic rings. The van der Waals surface area contributed by atoms with E-state index in [9.17, 15) is 0 Å². The average molecular weight is 641 g/mol. The molecule has 0 aliphatic carbocycles. The number of rotatable bonds is 14. The van der Waals surface area contributed by atoms with Crippen molar-refractivity contribution in [3.8, 4) is 11.1 Å². The summed E-state index contributed by atoms with van der Waals surface area (Å²) in [6, 6.07) is 11.7. The summed E-state index contributed by atoms with van der Waals surface area (Å²) in [6.45, 7) is 5.97. The van der Waals surface area contributed by atoms with Crippen LogP contribution in [0.5, 0.6) is 0 Å². The van der Waals surface area contributed by atoms with Gasteiger partial charge >= 0.3 is 0 Å². The Kier molecular flexibility index (Phi) is 12.9. The fraction of sp³-hybridized carbons (Fsp3) is 0.600. The highest BCUT2D eigenvalue weighted by molar-refractivity contribution is 14.1. The number of hydrogen-bond acceptors (Lipinski definition) is 2. The SMILES string of the molecule is CCCCCCc1cc(-c2ccc(Br)cc2COC2CCCCO2)c(CCCCCC)cc1I. The van der Waals surface area contributed by atoms with Gasteiger partial charge in [0.1, 0.15) is 0 Å². The standard InChI is InChI=1S/C30H42BrIO2/c1-3-5-7-9-13-23-21-29(32)24(14-10-8-6-4-2)20-28(23)27-17-16-26(31)19-25(27)22-34-30-15-11-12-18-33-30/h16-17,19-21,30H,3-15,18,22H2,1-2H3. The predicted octanol–water partition coefficient (Wildman–Crippen LogP) is 10.0. The molecule has 1 aliphatic rings. The summed E-state index contributed by atoms with van der Waals surface area (Å²) in [7, 11) is 0. The number of benzene rings is 2. The molecule has 1 heterocycles. The van der Waals surface area contributed by atoms with Crippen LogP contribution in [-0.2, 0) is 28.9 Å². The van der Waals surface area contributed by atoms with Crippen LogP contribution in [0.3, 0.4) is 0 Å². The monoisotopic (exact) mass is 640 g/mol. The van der Waals surface area contributed by atoms with Crippen molar-refractivity contribution in [2.75, 3.05) is 6.61 Å². The smallest absolute Gasteiger partial charge is 0.158 e. The number of hydrogen-bond donors (Lipinski definition) is 0. The van der Waals surface area contributed by atoms with Crippen molar-refractivity contribution >= 4 is 38.5 Å². The topological polar surface area (TPSA) is 18.5 Å². The van der Waals surface area contributed by atoms with E-state index in [1.807, 2.05) is 0 Å². The third-order valence-electron chi connectivity index (χ3n) is 6.79. The van der Waals surface area contributed by atoms with Gasteiger partial charge in [-0.3, -0.25) is 0 Å². The first-order chi connectivity index (χ1) is 16.6. The summed E-state index contributed by atoms with van der Waals surface area (Å²) >= 11 is 6.26. The van der Waals surface area contributed by atoms with E-state index in [0.717, 1.165) is 30.3 Å². The van der Waals surface area contributed by atoms with Crippen LogP contribution in [0.1, 0.15) is 101 Å². The van der Waals surface area contributed by atoms with Crippen LogP contribution in [0.2, 0.25) is 0 Å². The van der Waals surface area contributed by atoms with E-state index in [2.05, 4.69) is 82.7 Å². The molecule has 1 saturated heterocycles. The molecule has 1 unspecified atom stereocenters. The number of ether oxygens (including phenoxy) is 2. The largest absolute Gasteiger partial charge is 0.353 e. The molecule has 0 saturated carbocycles. The Bertz CT molecular complexity index is 876. The normalized spacial score (nSPS) is 16.2. The molecule has 0 amide bonds. The Hall–Kier alpha value is -0.430. The molecule has 1 fully saturated rings. The Morgan fingerprint density at radius 3 is 2.26 bits per heavy atom. The molecule has 34 heavy (non-hydrogen) atoms. The molecule has 2 nitrogen and oxygen atoms in total. The lowest BCUT2D eigenvalue weighted by Gasteiger charge is -2.24. The second-order valence-corrected chi connectivity index (χ2v) is 11.7. The molecule has 3 rings (SSSR count). The van der Waals surface area contributed by atoms with Gasteiger partial charge in [-0.1, -0.05) is 74.4 Å². The van der Waals surface area contributed by atoms with Crippen molar-refractivity contribution in [3.63, 3.8) is 0 Å². The minimum atomic E-state index is -0.0695. The van der Waals surface area contributed by atoms with Crippen molar-refractivity contribution in [1.29, 1.82) is 0 Å². The summed E-state index contributed by atoms with van der Waals surface area (Å²) in [5.74, 6) is 0. The summed E-state index contributed by atoms with van der Waals surface area (Å²) in [4.78, 5) is 0. The van der Waals surface area contributed by atoms with E-state index >= 15 is 0 Å². The summed E-state index contributed by atoms with van der Waals surface area (Å²) < 4.78 is 14.6. The molecule has 1 aliphatic heterocycles. The second kappa shape index (κ2) is 15.6. The minimum Gasteiger partial charge on any atom is -0.353 e. The fourth-order valence-electron chi connectivity index (χ4n) is 4.76. The van der Waals surface area contributed by atoms with Crippen molar-refractivity contribution < 1.29 is 9.47 Å². The molecule has 0 spiro atoms. The van der Waals surface area contributed by atoms with Gasteiger partial charge in [-0.15, -0.1) is 0 Å². The lowest BCUT2D eigenvalue weighted by atomic mass is 9.90. The van der Waals surface area contributed by atoms with Gasteiger partial charge in [0.05, 0.1) is 6.61 Å². The maximum Gasteiger partial charge on any atom is 0.158 e. The minimum absolute atomic E-state index is 0.0695.